The third-order valence-corrected chi connectivity index (χ3v) is 3.40. The fourth-order valence-electron chi connectivity index (χ4n) is 2.04. The van der Waals surface area contributed by atoms with Crippen LogP contribution in [0.5, 0.6) is 0 Å². The number of rotatable bonds is 6. The SMILES string of the molecule is O=C(NCC(O)C(O)c1cccc(C(F)(F)F)n1)OCc1ccccc1. The molecule has 1 amide bonds. The van der Waals surface area contributed by atoms with Gasteiger partial charge >= 0.3 is 12.3 Å². The Balaban J connectivity index is 1.85. The molecule has 0 saturated carbocycles. The number of alkyl halides is 3. The number of carbonyl (C=O) groups excluding carboxylic acids is 1. The lowest BCUT2D eigenvalue weighted by Gasteiger charge is -2.18. The molecule has 1 heterocycles. The number of amides is 1. The van der Waals surface area contributed by atoms with Gasteiger partial charge in [-0.1, -0.05) is 36.4 Å². The van der Waals surface area contributed by atoms with Crippen LogP contribution in [0.2, 0.25) is 0 Å². The fourth-order valence-corrected chi connectivity index (χ4v) is 2.04. The predicted molar refractivity (Wildman–Crippen MR) is 84.8 cm³/mol. The van der Waals surface area contributed by atoms with Crippen molar-refractivity contribution in [1.82, 2.24) is 10.3 Å². The molecule has 2 aromatic rings. The number of nitrogens with zero attached hydrogens (tertiary/aromatic N) is 1. The summed E-state index contributed by atoms with van der Waals surface area (Å²) in [6.07, 6.45) is -8.76. The van der Waals surface area contributed by atoms with Crippen LogP contribution in [0, 0.1) is 0 Å². The van der Waals surface area contributed by atoms with Crippen molar-refractivity contribution in [1.29, 1.82) is 0 Å². The first-order valence-electron chi connectivity index (χ1n) is 7.62. The van der Waals surface area contributed by atoms with Gasteiger partial charge in [0, 0.05) is 6.54 Å². The molecule has 1 aromatic heterocycles. The summed E-state index contributed by atoms with van der Waals surface area (Å²) >= 11 is 0. The lowest BCUT2D eigenvalue weighted by atomic mass is 10.1. The number of ether oxygens (including phenoxy) is 1. The van der Waals surface area contributed by atoms with Crippen molar-refractivity contribution >= 4 is 6.09 Å². The molecule has 0 radical (unpaired) electrons. The molecule has 0 fully saturated rings. The van der Waals surface area contributed by atoms with Gasteiger partial charge in [0.15, 0.2) is 0 Å². The maximum Gasteiger partial charge on any atom is 0.433 e. The highest BCUT2D eigenvalue weighted by Crippen LogP contribution is 2.28. The summed E-state index contributed by atoms with van der Waals surface area (Å²) in [6, 6.07) is 11.8. The van der Waals surface area contributed by atoms with E-state index < -0.39 is 36.7 Å². The fraction of sp³-hybridized carbons (Fsp3) is 0.294. The van der Waals surface area contributed by atoms with Gasteiger partial charge in [-0.2, -0.15) is 13.2 Å². The molecule has 26 heavy (non-hydrogen) atoms. The summed E-state index contributed by atoms with van der Waals surface area (Å²) in [7, 11) is 0. The Bertz CT molecular complexity index is 725. The molecule has 0 aliphatic heterocycles. The Morgan fingerprint density at radius 3 is 2.46 bits per heavy atom. The number of aromatic nitrogens is 1. The Kier molecular flexibility index (Phi) is 6.53. The van der Waals surface area contributed by atoms with E-state index in [4.69, 9.17) is 4.74 Å². The summed E-state index contributed by atoms with van der Waals surface area (Å²) in [5, 5.41) is 22.0. The summed E-state index contributed by atoms with van der Waals surface area (Å²) < 4.78 is 42.8. The number of aliphatic hydroxyl groups excluding tert-OH is 2. The minimum atomic E-state index is -4.67. The Hall–Kier alpha value is -2.65. The number of hydrogen-bond acceptors (Lipinski definition) is 5. The number of benzene rings is 1. The zero-order valence-electron chi connectivity index (χ0n) is 13.5. The van der Waals surface area contributed by atoms with Crippen LogP contribution >= 0.6 is 0 Å². The van der Waals surface area contributed by atoms with Crippen LogP contribution in [0.4, 0.5) is 18.0 Å². The molecule has 6 nitrogen and oxygen atoms in total. The molecule has 2 unspecified atom stereocenters. The lowest BCUT2D eigenvalue weighted by molar-refractivity contribution is -0.141. The summed E-state index contributed by atoms with van der Waals surface area (Å²) in [5.41, 5.74) is -0.778. The maximum absolute atomic E-state index is 12.6. The maximum atomic E-state index is 12.6. The van der Waals surface area contributed by atoms with Gasteiger partial charge in [-0.25, -0.2) is 9.78 Å². The smallest absolute Gasteiger partial charge is 0.433 e. The van der Waals surface area contributed by atoms with Crippen LogP contribution in [0.15, 0.2) is 48.5 Å². The van der Waals surface area contributed by atoms with Crippen molar-refractivity contribution < 1.29 is 32.9 Å². The molecule has 0 bridgehead atoms. The van der Waals surface area contributed by atoms with Crippen molar-refractivity contribution in [3.63, 3.8) is 0 Å². The second-order valence-corrected chi connectivity index (χ2v) is 5.40. The van der Waals surface area contributed by atoms with Gasteiger partial charge in [-0.05, 0) is 17.7 Å². The second-order valence-electron chi connectivity index (χ2n) is 5.40. The number of nitrogens with one attached hydrogen (secondary N) is 1. The van der Waals surface area contributed by atoms with Gasteiger partial charge in [-0.15, -0.1) is 0 Å². The van der Waals surface area contributed by atoms with Gasteiger partial charge in [0.2, 0.25) is 0 Å². The molecule has 0 aliphatic rings. The molecule has 9 heteroatoms. The normalized spacial score (nSPS) is 13.7. The standard InChI is InChI=1S/C17H17F3N2O4/c18-17(19,20)14-8-4-7-12(22-14)15(24)13(23)9-21-16(25)26-10-11-5-2-1-3-6-11/h1-8,13,15,23-24H,9-10H2,(H,21,25). The van der Waals surface area contributed by atoms with Gasteiger partial charge in [-0.3, -0.25) is 0 Å². The zero-order valence-corrected chi connectivity index (χ0v) is 13.5. The first-order chi connectivity index (χ1) is 12.3. The van der Waals surface area contributed by atoms with Crippen molar-refractivity contribution in [2.45, 2.75) is 25.0 Å². The predicted octanol–water partition coefficient (Wildman–Crippen LogP) is 2.42. The first kappa shape index (κ1) is 19.7. The van der Waals surface area contributed by atoms with E-state index in [1.807, 2.05) is 6.07 Å². The largest absolute Gasteiger partial charge is 0.445 e. The third kappa shape index (κ3) is 5.71. The molecule has 0 spiro atoms. The summed E-state index contributed by atoms with van der Waals surface area (Å²) in [5.74, 6) is 0. The number of alkyl carbamates (subject to hydrolysis) is 1. The average Bonchev–Trinajstić information content (AvgIpc) is 2.64. The second kappa shape index (κ2) is 8.63. The van der Waals surface area contributed by atoms with E-state index in [9.17, 15) is 28.2 Å². The highest BCUT2D eigenvalue weighted by molar-refractivity contribution is 5.67. The van der Waals surface area contributed by atoms with E-state index >= 15 is 0 Å². The molecule has 3 N–H and O–H groups in total. The quantitative estimate of drug-likeness (QED) is 0.726. The van der Waals surface area contributed by atoms with Gasteiger partial charge in [0.25, 0.3) is 0 Å². The van der Waals surface area contributed by atoms with Gasteiger partial charge in [0.05, 0.1) is 5.69 Å². The van der Waals surface area contributed by atoms with Crippen molar-refractivity contribution in [3.05, 3.63) is 65.5 Å². The zero-order chi connectivity index (χ0) is 19.2. The molecule has 2 atom stereocenters. The number of aliphatic hydroxyl groups is 2. The molecule has 0 saturated heterocycles. The molecule has 140 valence electrons. The Morgan fingerprint density at radius 2 is 1.81 bits per heavy atom. The van der Waals surface area contributed by atoms with Crippen LogP contribution in [0.25, 0.3) is 0 Å². The van der Waals surface area contributed by atoms with E-state index in [2.05, 4.69) is 10.3 Å². The minimum Gasteiger partial charge on any atom is -0.445 e. The van der Waals surface area contributed by atoms with Crippen LogP contribution in [0.3, 0.4) is 0 Å². The molecule has 2 rings (SSSR count). The van der Waals surface area contributed by atoms with Crippen molar-refractivity contribution in [2.75, 3.05) is 6.54 Å². The summed E-state index contributed by atoms with van der Waals surface area (Å²) in [6.45, 7) is -0.410. The van der Waals surface area contributed by atoms with Crippen LogP contribution in [-0.4, -0.2) is 33.9 Å². The van der Waals surface area contributed by atoms with E-state index in [0.717, 1.165) is 23.8 Å². The summed E-state index contributed by atoms with van der Waals surface area (Å²) in [4.78, 5) is 14.9. The molecule has 0 aliphatic carbocycles. The first-order valence-corrected chi connectivity index (χ1v) is 7.62. The Labute approximate surface area is 147 Å². The van der Waals surface area contributed by atoms with E-state index in [1.165, 1.54) is 0 Å². The molecular formula is C17H17F3N2O4. The highest BCUT2D eigenvalue weighted by atomic mass is 19.4. The monoisotopic (exact) mass is 370 g/mol. The highest BCUT2D eigenvalue weighted by Gasteiger charge is 2.33. The molecule has 1 aromatic carbocycles. The number of halogens is 3. The van der Waals surface area contributed by atoms with Gasteiger partial charge < -0.3 is 20.3 Å². The van der Waals surface area contributed by atoms with Crippen molar-refractivity contribution in [2.24, 2.45) is 0 Å². The van der Waals surface area contributed by atoms with Crippen LogP contribution in [-0.2, 0) is 17.5 Å². The van der Waals surface area contributed by atoms with Crippen LogP contribution in [0.1, 0.15) is 23.1 Å². The van der Waals surface area contributed by atoms with Gasteiger partial charge in [0.1, 0.15) is 24.5 Å². The van der Waals surface area contributed by atoms with E-state index in [-0.39, 0.29) is 12.3 Å². The topological polar surface area (TPSA) is 91.7 Å². The van der Waals surface area contributed by atoms with E-state index in [1.54, 1.807) is 24.3 Å². The Morgan fingerprint density at radius 1 is 1.12 bits per heavy atom. The van der Waals surface area contributed by atoms with E-state index in [0.29, 0.717) is 0 Å². The number of hydrogen-bond donors (Lipinski definition) is 3. The average molecular weight is 370 g/mol. The molecular weight excluding hydrogens is 353 g/mol. The van der Waals surface area contributed by atoms with Crippen molar-refractivity contribution in [3.8, 4) is 0 Å². The van der Waals surface area contributed by atoms with Crippen LogP contribution < -0.4 is 5.32 Å². The lowest BCUT2D eigenvalue weighted by Crippen LogP contribution is -2.36. The minimum absolute atomic E-state index is 0.0144. The third-order valence-electron chi connectivity index (χ3n) is 3.40. The number of carbonyl (C=O) groups is 1. The number of pyridine rings is 1.